The number of carbonyl (C=O) groups is 2. The zero-order valence-electron chi connectivity index (χ0n) is 20.8. The van der Waals surface area contributed by atoms with Crippen LogP contribution in [0.5, 0.6) is 0 Å². The van der Waals surface area contributed by atoms with Crippen LogP contribution in [0.3, 0.4) is 0 Å². The monoisotopic (exact) mass is 561 g/mol. The lowest BCUT2D eigenvalue weighted by Crippen LogP contribution is -2.51. The van der Waals surface area contributed by atoms with Crippen LogP contribution in [0.1, 0.15) is 24.5 Å². The van der Waals surface area contributed by atoms with Gasteiger partial charge < -0.3 is 10.2 Å². The molecule has 7 nitrogen and oxygen atoms in total. The van der Waals surface area contributed by atoms with Crippen molar-refractivity contribution in [3.63, 3.8) is 0 Å². The Balaban J connectivity index is 2.05. The van der Waals surface area contributed by atoms with Crippen LogP contribution in [0.15, 0.2) is 77.7 Å². The highest BCUT2D eigenvalue weighted by Crippen LogP contribution is 2.27. The fourth-order valence-electron chi connectivity index (χ4n) is 3.87. The molecule has 196 valence electrons. The van der Waals surface area contributed by atoms with Gasteiger partial charge in [0.2, 0.25) is 11.8 Å². The average Bonchev–Trinajstić information content (AvgIpc) is 2.88. The van der Waals surface area contributed by atoms with E-state index >= 15 is 0 Å². The number of aryl methyl sites for hydroxylation is 1. The van der Waals surface area contributed by atoms with Gasteiger partial charge in [0.1, 0.15) is 12.6 Å². The molecule has 2 amide bonds. The zero-order valence-corrected chi connectivity index (χ0v) is 23.1. The van der Waals surface area contributed by atoms with Gasteiger partial charge in [-0.1, -0.05) is 66.0 Å². The highest BCUT2D eigenvalue weighted by Gasteiger charge is 2.33. The van der Waals surface area contributed by atoms with Gasteiger partial charge in [0, 0.05) is 23.6 Å². The topological polar surface area (TPSA) is 86.8 Å². The van der Waals surface area contributed by atoms with Gasteiger partial charge in [-0.2, -0.15) is 0 Å². The van der Waals surface area contributed by atoms with E-state index in [9.17, 15) is 18.0 Å². The number of likely N-dealkylation sites (N-methyl/N-ethyl adjacent to an activating group) is 1. The van der Waals surface area contributed by atoms with Gasteiger partial charge in [-0.25, -0.2) is 8.42 Å². The first-order chi connectivity index (χ1) is 17.6. The summed E-state index contributed by atoms with van der Waals surface area (Å²) in [4.78, 5) is 27.9. The number of nitrogens with zero attached hydrogens (tertiary/aromatic N) is 2. The van der Waals surface area contributed by atoms with Crippen LogP contribution in [0.25, 0.3) is 0 Å². The summed E-state index contributed by atoms with van der Waals surface area (Å²) in [5, 5.41) is 3.30. The number of anilines is 1. The number of halogens is 2. The van der Waals surface area contributed by atoms with E-state index in [4.69, 9.17) is 23.2 Å². The first-order valence-electron chi connectivity index (χ1n) is 11.7. The molecule has 0 bridgehead atoms. The largest absolute Gasteiger partial charge is 0.357 e. The van der Waals surface area contributed by atoms with Crippen LogP contribution in [-0.2, 0) is 26.2 Å². The van der Waals surface area contributed by atoms with Crippen LogP contribution in [0.2, 0.25) is 10.0 Å². The summed E-state index contributed by atoms with van der Waals surface area (Å²) < 4.78 is 28.5. The third-order valence-electron chi connectivity index (χ3n) is 5.88. The molecule has 0 aliphatic rings. The number of hydrogen-bond donors (Lipinski definition) is 1. The van der Waals surface area contributed by atoms with Crippen LogP contribution >= 0.6 is 23.2 Å². The molecule has 0 aromatic heterocycles. The number of benzene rings is 3. The van der Waals surface area contributed by atoms with E-state index in [1.807, 2.05) is 31.2 Å². The Morgan fingerprint density at radius 3 is 2.16 bits per heavy atom. The fraction of sp³-hybridized carbons (Fsp3) is 0.259. The number of amides is 2. The summed E-state index contributed by atoms with van der Waals surface area (Å²) in [6, 6.07) is 18.8. The average molecular weight is 563 g/mol. The van der Waals surface area contributed by atoms with Crippen molar-refractivity contribution in [3.05, 3.63) is 94.0 Å². The van der Waals surface area contributed by atoms with Gasteiger partial charge in [0.05, 0.1) is 10.6 Å². The Kier molecular flexibility index (Phi) is 9.59. The molecule has 3 rings (SSSR count). The maximum Gasteiger partial charge on any atom is 0.264 e. The molecule has 0 unspecified atom stereocenters. The lowest BCUT2D eigenvalue weighted by atomic mass is 10.1. The Hall–Kier alpha value is -3.07. The number of rotatable bonds is 10. The van der Waals surface area contributed by atoms with E-state index in [1.165, 1.54) is 42.3 Å². The molecule has 0 saturated heterocycles. The van der Waals surface area contributed by atoms with Gasteiger partial charge in [0.15, 0.2) is 0 Å². The van der Waals surface area contributed by atoms with E-state index < -0.39 is 28.5 Å². The molecular weight excluding hydrogens is 533 g/mol. The smallest absolute Gasteiger partial charge is 0.264 e. The summed E-state index contributed by atoms with van der Waals surface area (Å²) in [7, 11) is -2.68. The first kappa shape index (κ1) is 28.5. The molecule has 1 atom stereocenters. The van der Waals surface area contributed by atoms with Gasteiger partial charge in [-0.3, -0.25) is 13.9 Å². The maximum atomic E-state index is 13.8. The lowest BCUT2D eigenvalue weighted by molar-refractivity contribution is -0.140. The third kappa shape index (κ3) is 7.03. The molecule has 1 N–H and O–H groups in total. The SMILES string of the molecule is CC[C@@H](C(=O)NC)N(Cc1ccc(C)cc1)C(=O)CN(c1cccc(Cl)c1)S(=O)(=O)c1ccc(Cl)cc1. The molecule has 10 heteroatoms. The second kappa shape index (κ2) is 12.4. The summed E-state index contributed by atoms with van der Waals surface area (Å²) in [5.41, 5.74) is 2.09. The summed E-state index contributed by atoms with van der Waals surface area (Å²) in [5.74, 6) is -0.869. The standard InChI is InChI=1S/C27H29Cl2N3O4S/c1-4-25(27(34)30-3)31(17-20-10-8-19(2)9-11-20)26(33)18-32(23-7-5-6-22(29)16-23)37(35,36)24-14-12-21(28)13-15-24/h5-16,25H,4,17-18H2,1-3H3,(H,30,34)/t25-/m0/s1. The van der Waals surface area contributed by atoms with Crippen molar-refractivity contribution < 1.29 is 18.0 Å². The molecular formula is C27H29Cl2N3O4S. The van der Waals surface area contributed by atoms with Gasteiger partial charge in [-0.15, -0.1) is 0 Å². The van der Waals surface area contributed by atoms with Crippen molar-refractivity contribution in [1.82, 2.24) is 10.2 Å². The van der Waals surface area contributed by atoms with Gasteiger partial charge >= 0.3 is 0 Å². The summed E-state index contributed by atoms with van der Waals surface area (Å²) in [6.45, 7) is 3.35. The van der Waals surface area contributed by atoms with E-state index in [2.05, 4.69) is 5.32 Å². The highest BCUT2D eigenvalue weighted by atomic mass is 35.5. The molecule has 0 aliphatic heterocycles. The number of sulfonamides is 1. The minimum absolute atomic E-state index is 0.0342. The van der Waals surface area contributed by atoms with Crippen LogP contribution < -0.4 is 9.62 Å². The first-order valence-corrected chi connectivity index (χ1v) is 13.9. The van der Waals surface area contributed by atoms with Crippen LogP contribution in [0, 0.1) is 6.92 Å². The van der Waals surface area contributed by atoms with E-state index in [0.717, 1.165) is 15.4 Å². The van der Waals surface area contributed by atoms with Crippen molar-refractivity contribution in [2.45, 2.75) is 37.8 Å². The van der Waals surface area contributed by atoms with Crippen LogP contribution in [0.4, 0.5) is 5.69 Å². The van der Waals surface area contributed by atoms with Crippen molar-refractivity contribution in [2.24, 2.45) is 0 Å². The Labute approximate surface area is 228 Å². The second-order valence-electron chi connectivity index (χ2n) is 8.49. The normalized spacial score (nSPS) is 12.0. The van der Waals surface area contributed by atoms with Crippen molar-refractivity contribution >= 4 is 50.7 Å². The van der Waals surface area contributed by atoms with E-state index in [0.29, 0.717) is 16.5 Å². The quantitative estimate of drug-likeness (QED) is 0.375. The Morgan fingerprint density at radius 1 is 0.946 bits per heavy atom. The molecule has 0 heterocycles. The van der Waals surface area contributed by atoms with Gasteiger partial charge in [-0.05, 0) is 61.4 Å². The molecule has 0 spiro atoms. The van der Waals surface area contributed by atoms with E-state index in [-0.39, 0.29) is 23.0 Å². The predicted molar refractivity (Wildman–Crippen MR) is 147 cm³/mol. The summed E-state index contributed by atoms with van der Waals surface area (Å²) >= 11 is 12.1. The third-order valence-corrected chi connectivity index (χ3v) is 8.16. The minimum Gasteiger partial charge on any atom is -0.357 e. The number of hydrogen-bond acceptors (Lipinski definition) is 4. The molecule has 0 aliphatic carbocycles. The van der Waals surface area contributed by atoms with Crippen molar-refractivity contribution in [2.75, 3.05) is 17.9 Å². The molecule has 0 fully saturated rings. The van der Waals surface area contributed by atoms with Crippen molar-refractivity contribution in [1.29, 1.82) is 0 Å². The molecule has 0 saturated carbocycles. The maximum absolute atomic E-state index is 13.8. The van der Waals surface area contributed by atoms with Crippen LogP contribution in [-0.4, -0.2) is 44.8 Å². The zero-order chi connectivity index (χ0) is 27.2. The Bertz CT molecular complexity index is 1350. The predicted octanol–water partition coefficient (Wildman–Crippen LogP) is 5.05. The number of carbonyl (C=O) groups excluding carboxylic acids is 2. The second-order valence-corrected chi connectivity index (χ2v) is 11.2. The molecule has 0 radical (unpaired) electrons. The minimum atomic E-state index is -4.18. The lowest BCUT2D eigenvalue weighted by Gasteiger charge is -2.33. The number of nitrogens with one attached hydrogen (secondary N) is 1. The van der Waals surface area contributed by atoms with E-state index in [1.54, 1.807) is 25.1 Å². The Morgan fingerprint density at radius 2 is 1.59 bits per heavy atom. The molecule has 3 aromatic carbocycles. The fourth-order valence-corrected chi connectivity index (χ4v) is 5.59. The molecule has 37 heavy (non-hydrogen) atoms. The summed E-state index contributed by atoms with van der Waals surface area (Å²) in [6.07, 6.45) is 0.346. The van der Waals surface area contributed by atoms with Crippen molar-refractivity contribution in [3.8, 4) is 0 Å². The van der Waals surface area contributed by atoms with Gasteiger partial charge in [0.25, 0.3) is 10.0 Å². The molecule has 3 aromatic rings. The highest BCUT2D eigenvalue weighted by molar-refractivity contribution is 7.92.